The molecule has 3 aromatic carbocycles. The first-order chi connectivity index (χ1) is 16.2. The second-order valence-corrected chi connectivity index (χ2v) is 8.48. The third-order valence-corrected chi connectivity index (χ3v) is 5.87. The maximum atomic E-state index is 12.5. The summed E-state index contributed by atoms with van der Waals surface area (Å²) in [6.07, 6.45) is 0. The van der Waals surface area contributed by atoms with Gasteiger partial charge in [0.15, 0.2) is 0 Å². The molecule has 0 bridgehead atoms. The highest BCUT2D eigenvalue weighted by Gasteiger charge is 2.15. The number of carbonyl (C=O) groups excluding carboxylic acids is 2. The minimum atomic E-state index is -3.84. The van der Waals surface area contributed by atoms with E-state index in [-0.39, 0.29) is 27.4 Å². The average Bonchev–Trinajstić information content (AvgIpc) is 2.83. The van der Waals surface area contributed by atoms with Gasteiger partial charge >= 0.3 is 0 Å². The van der Waals surface area contributed by atoms with Crippen LogP contribution >= 0.6 is 0 Å². The van der Waals surface area contributed by atoms with Gasteiger partial charge < -0.3 is 4.74 Å². The number of nitro benzene ring substituents is 1. The summed E-state index contributed by atoms with van der Waals surface area (Å²) >= 11 is 0. The number of rotatable bonds is 8. The monoisotopic (exact) mass is 484 g/mol. The van der Waals surface area contributed by atoms with E-state index in [1.807, 2.05) is 6.92 Å². The van der Waals surface area contributed by atoms with Crippen molar-refractivity contribution < 1.29 is 27.7 Å². The fourth-order valence-electron chi connectivity index (χ4n) is 2.78. The molecule has 3 aromatic rings. The van der Waals surface area contributed by atoms with Crippen molar-refractivity contribution in [1.82, 2.24) is 10.9 Å². The lowest BCUT2D eigenvalue weighted by Gasteiger charge is -2.10. The standard InChI is InChI=1S/C22H20N4O7S/c1-2-33-19-11-13-20(14-12-19)34(31,32)25-17-7-3-15(4-8-17)21(27)23-24-22(28)16-5-9-18(10-6-16)26(29)30/h3-14,25H,2H2,1H3,(H,23,27)(H,24,28). The molecule has 0 atom stereocenters. The van der Waals surface area contributed by atoms with Crippen LogP contribution in [-0.2, 0) is 10.0 Å². The molecule has 3 N–H and O–H groups in total. The number of hydrazine groups is 1. The summed E-state index contributed by atoms with van der Waals surface area (Å²) in [6, 6.07) is 16.4. The molecule has 11 nitrogen and oxygen atoms in total. The molecule has 0 saturated heterocycles. The number of hydrogen-bond acceptors (Lipinski definition) is 7. The van der Waals surface area contributed by atoms with Crippen LogP contribution in [-0.4, -0.2) is 31.8 Å². The van der Waals surface area contributed by atoms with E-state index in [0.717, 1.165) is 0 Å². The van der Waals surface area contributed by atoms with E-state index in [2.05, 4.69) is 15.6 Å². The van der Waals surface area contributed by atoms with Gasteiger partial charge in [0.25, 0.3) is 27.5 Å². The average molecular weight is 484 g/mol. The van der Waals surface area contributed by atoms with Crippen LogP contribution in [0.15, 0.2) is 77.7 Å². The molecule has 0 aliphatic rings. The Morgan fingerprint density at radius 1 is 0.853 bits per heavy atom. The molecule has 0 aliphatic heterocycles. The number of nitrogens with one attached hydrogen (secondary N) is 3. The van der Waals surface area contributed by atoms with Gasteiger partial charge in [-0.2, -0.15) is 0 Å². The Bertz CT molecular complexity index is 1290. The highest BCUT2D eigenvalue weighted by Crippen LogP contribution is 2.20. The first-order valence-electron chi connectivity index (χ1n) is 9.90. The van der Waals surface area contributed by atoms with Crippen LogP contribution in [0.2, 0.25) is 0 Å². The third-order valence-electron chi connectivity index (χ3n) is 4.47. The van der Waals surface area contributed by atoms with Crippen LogP contribution < -0.4 is 20.3 Å². The highest BCUT2D eigenvalue weighted by molar-refractivity contribution is 7.92. The number of sulfonamides is 1. The van der Waals surface area contributed by atoms with E-state index in [4.69, 9.17) is 4.74 Å². The van der Waals surface area contributed by atoms with Crippen molar-refractivity contribution in [3.63, 3.8) is 0 Å². The quantitative estimate of drug-likeness (QED) is 0.328. The second-order valence-electron chi connectivity index (χ2n) is 6.80. The summed E-state index contributed by atoms with van der Waals surface area (Å²) in [4.78, 5) is 34.5. The SMILES string of the molecule is CCOc1ccc(S(=O)(=O)Nc2ccc(C(=O)NNC(=O)c3ccc([N+](=O)[O-])cc3)cc2)cc1. The van der Waals surface area contributed by atoms with Gasteiger partial charge in [-0.05, 0) is 67.6 Å². The van der Waals surface area contributed by atoms with Gasteiger partial charge in [0.2, 0.25) is 0 Å². The molecule has 0 heterocycles. The lowest BCUT2D eigenvalue weighted by molar-refractivity contribution is -0.384. The third kappa shape index (κ3) is 6.07. The normalized spacial score (nSPS) is 10.7. The van der Waals surface area contributed by atoms with Crippen LogP contribution in [0.5, 0.6) is 5.75 Å². The van der Waals surface area contributed by atoms with Crippen molar-refractivity contribution in [3.8, 4) is 5.75 Å². The lowest BCUT2D eigenvalue weighted by Crippen LogP contribution is -2.41. The molecule has 0 saturated carbocycles. The van der Waals surface area contributed by atoms with Crippen molar-refractivity contribution >= 4 is 33.2 Å². The van der Waals surface area contributed by atoms with Crippen LogP contribution in [0.1, 0.15) is 27.6 Å². The summed E-state index contributed by atoms with van der Waals surface area (Å²) in [5, 5.41) is 10.7. The summed E-state index contributed by atoms with van der Waals surface area (Å²) in [5.74, 6) is -0.753. The predicted molar refractivity (Wildman–Crippen MR) is 123 cm³/mol. The first kappa shape index (κ1) is 24.2. The zero-order valence-corrected chi connectivity index (χ0v) is 18.7. The van der Waals surface area contributed by atoms with Crippen LogP contribution in [0.4, 0.5) is 11.4 Å². The predicted octanol–water partition coefficient (Wildman–Crippen LogP) is 2.87. The van der Waals surface area contributed by atoms with Crippen molar-refractivity contribution in [2.75, 3.05) is 11.3 Å². The number of benzene rings is 3. The van der Waals surface area contributed by atoms with Crippen molar-refractivity contribution in [2.45, 2.75) is 11.8 Å². The van der Waals surface area contributed by atoms with Crippen LogP contribution in [0, 0.1) is 10.1 Å². The number of nitro groups is 1. The zero-order chi connectivity index (χ0) is 24.7. The zero-order valence-electron chi connectivity index (χ0n) is 17.8. The van der Waals surface area contributed by atoms with Gasteiger partial charge in [0.1, 0.15) is 5.75 Å². The number of ether oxygens (including phenoxy) is 1. The lowest BCUT2D eigenvalue weighted by atomic mass is 10.2. The Labute approximate surface area is 194 Å². The maximum Gasteiger partial charge on any atom is 0.269 e. The van der Waals surface area contributed by atoms with Crippen molar-refractivity contribution in [3.05, 3.63) is 94.0 Å². The van der Waals surface area contributed by atoms with E-state index >= 15 is 0 Å². The van der Waals surface area contributed by atoms with Crippen molar-refractivity contribution in [2.24, 2.45) is 0 Å². The maximum absolute atomic E-state index is 12.5. The molecule has 0 aliphatic carbocycles. The van der Waals surface area contributed by atoms with Crippen LogP contribution in [0.25, 0.3) is 0 Å². The molecule has 3 rings (SSSR count). The molecule has 12 heteroatoms. The smallest absolute Gasteiger partial charge is 0.269 e. The second kappa shape index (κ2) is 10.4. The fraction of sp³-hybridized carbons (Fsp3) is 0.0909. The Kier molecular flexibility index (Phi) is 7.43. The summed E-state index contributed by atoms with van der Waals surface area (Å²) in [7, 11) is -3.84. The Hall–Kier alpha value is -4.45. The Balaban J connectivity index is 1.58. The highest BCUT2D eigenvalue weighted by atomic mass is 32.2. The number of anilines is 1. The molecular weight excluding hydrogens is 464 g/mol. The van der Waals surface area contributed by atoms with Gasteiger partial charge in [-0.3, -0.25) is 35.3 Å². The molecule has 0 fully saturated rings. The largest absolute Gasteiger partial charge is 0.494 e. The van der Waals surface area contributed by atoms with Crippen LogP contribution in [0.3, 0.4) is 0 Å². The molecule has 0 radical (unpaired) electrons. The van der Waals surface area contributed by atoms with Gasteiger partial charge in [-0.1, -0.05) is 0 Å². The Morgan fingerprint density at radius 3 is 1.82 bits per heavy atom. The minimum Gasteiger partial charge on any atom is -0.494 e. The molecule has 176 valence electrons. The molecule has 0 unspecified atom stereocenters. The number of nitrogens with zero attached hydrogens (tertiary/aromatic N) is 1. The molecular formula is C22H20N4O7S. The minimum absolute atomic E-state index is 0.0479. The summed E-state index contributed by atoms with van der Waals surface area (Å²) < 4.78 is 32.8. The van der Waals surface area contributed by atoms with E-state index in [1.165, 1.54) is 60.7 Å². The number of hydrogen-bond donors (Lipinski definition) is 3. The fourth-order valence-corrected chi connectivity index (χ4v) is 3.84. The van der Waals surface area contributed by atoms with E-state index < -0.39 is 26.8 Å². The van der Waals surface area contributed by atoms with Gasteiger partial charge in [-0.15, -0.1) is 0 Å². The Morgan fingerprint density at radius 2 is 1.35 bits per heavy atom. The van der Waals surface area contributed by atoms with Gasteiger partial charge in [-0.25, -0.2) is 8.42 Å². The van der Waals surface area contributed by atoms with Gasteiger partial charge in [0, 0.05) is 28.9 Å². The topological polar surface area (TPSA) is 157 Å². The number of non-ortho nitro benzene ring substituents is 1. The molecule has 34 heavy (non-hydrogen) atoms. The summed E-state index contributed by atoms with van der Waals surface area (Å²) in [6.45, 7) is 2.29. The van der Waals surface area contributed by atoms with E-state index in [9.17, 15) is 28.1 Å². The van der Waals surface area contributed by atoms with Gasteiger partial charge in [0.05, 0.1) is 16.4 Å². The number of carbonyl (C=O) groups is 2. The summed E-state index contributed by atoms with van der Waals surface area (Å²) in [5.41, 5.74) is 4.77. The van der Waals surface area contributed by atoms with Crippen molar-refractivity contribution in [1.29, 1.82) is 0 Å². The molecule has 0 spiro atoms. The van der Waals surface area contributed by atoms with E-state index in [1.54, 1.807) is 12.1 Å². The molecule has 0 aromatic heterocycles. The first-order valence-corrected chi connectivity index (χ1v) is 11.4. The number of amides is 2. The van der Waals surface area contributed by atoms with E-state index in [0.29, 0.717) is 12.4 Å². The molecule has 2 amide bonds.